The number of aromatic nitrogens is 2. The van der Waals surface area contributed by atoms with E-state index in [0.717, 1.165) is 29.1 Å². The number of nitrogens with zero attached hydrogens (tertiary/aromatic N) is 2. The van der Waals surface area contributed by atoms with E-state index >= 15 is 0 Å². The van der Waals surface area contributed by atoms with E-state index < -0.39 is 0 Å². The molecule has 0 spiro atoms. The van der Waals surface area contributed by atoms with Gasteiger partial charge in [0, 0.05) is 13.1 Å². The smallest absolute Gasteiger partial charge is 0.226 e. The fourth-order valence-corrected chi connectivity index (χ4v) is 2.41. The second kappa shape index (κ2) is 6.00. The highest BCUT2D eigenvalue weighted by Gasteiger charge is 2.09. The number of anilines is 2. The fraction of sp³-hybridized carbons (Fsp3) is 0.538. The Kier molecular flexibility index (Phi) is 4.36. The van der Waals surface area contributed by atoms with Crippen LogP contribution in [-0.4, -0.2) is 23.1 Å². The molecule has 98 valence electrons. The molecule has 0 saturated heterocycles. The van der Waals surface area contributed by atoms with Crippen LogP contribution in [0.1, 0.15) is 27.2 Å². The van der Waals surface area contributed by atoms with Crippen LogP contribution < -0.4 is 10.6 Å². The normalized spacial score (nSPS) is 12.6. The Labute approximate surface area is 112 Å². The quantitative estimate of drug-likeness (QED) is 0.837. The molecule has 0 fully saturated rings. The second-order valence-corrected chi connectivity index (χ2v) is 5.35. The zero-order valence-corrected chi connectivity index (χ0v) is 12.0. The molecule has 1 unspecified atom stereocenters. The molecular weight excluding hydrogens is 244 g/mol. The Morgan fingerprint density at radius 2 is 2.11 bits per heavy atom. The van der Waals surface area contributed by atoms with Crippen LogP contribution in [0.4, 0.5) is 11.8 Å². The molecule has 0 bridgehead atoms. The molecule has 5 heteroatoms. The summed E-state index contributed by atoms with van der Waals surface area (Å²) in [6, 6.07) is 2.08. The van der Waals surface area contributed by atoms with Crippen LogP contribution in [0.15, 0.2) is 11.4 Å². The summed E-state index contributed by atoms with van der Waals surface area (Å²) in [6.45, 7) is 8.28. The van der Waals surface area contributed by atoms with Gasteiger partial charge in [0.2, 0.25) is 5.95 Å². The zero-order chi connectivity index (χ0) is 13.0. The van der Waals surface area contributed by atoms with Gasteiger partial charge in [0.25, 0.3) is 0 Å². The monoisotopic (exact) mass is 264 g/mol. The summed E-state index contributed by atoms with van der Waals surface area (Å²) in [5.41, 5.74) is 0. The van der Waals surface area contributed by atoms with E-state index in [1.54, 1.807) is 11.3 Å². The van der Waals surface area contributed by atoms with Crippen LogP contribution in [0, 0.1) is 5.92 Å². The molecule has 4 nitrogen and oxygen atoms in total. The maximum absolute atomic E-state index is 4.54. The molecule has 2 aromatic heterocycles. The average molecular weight is 264 g/mol. The summed E-state index contributed by atoms with van der Waals surface area (Å²) in [5.74, 6) is 2.30. The Morgan fingerprint density at radius 1 is 1.28 bits per heavy atom. The predicted octanol–water partition coefficient (Wildman–Crippen LogP) is 3.58. The van der Waals surface area contributed by atoms with Gasteiger partial charge < -0.3 is 10.6 Å². The number of hydrogen-bond donors (Lipinski definition) is 2. The van der Waals surface area contributed by atoms with E-state index in [4.69, 9.17) is 0 Å². The van der Waals surface area contributed by atoms with Crippen molar-refractivity contribution in [3.05, 3.63) is 11.4 Å². The van der Waals surface area contributed by atoms with E-state index in [1.165, 1.54) is 6.42 Å². The molecule has 0 radical (unpaired) electrons. The van der Waals surface area contributed by atoms with Crippen molar-refractivity contribution in [1.82, 2.24) is 9.97 Å². The summed E-state index contributed by atoms with van der Waals surface area (Å²) in [4.78, 5) is 10.1. The molecule has 0 amide bonds. The Balaban J connectivity index is 2.25. The predicted molar refractivity (Wildman–Crippen MR) is 79.5 cm³/mol. The molecule has 2 heterocycles. The molecule has 18 heavy (non-hydrogen) atoms. The zero-order valence-electron chi connectivity index (χ0n) is 11.2. The molecular formula is C13H20N4S. The van der Waals surface area contributed by atoms with E-state index in [1.807, 2.05) is 6.92 Å². The highest BCUT2D eigenvalue weighted by molar-refractivity contribution is 7.16. The maximum Gasteiger partial charge on any atom is 0.226 e. The summed E-state index contributed by atoms with van der Waals surface area (Å²) in [5, 5.41) is 9.79. The lowest BCUT2D eigenvalue weighted by Crippen LogP contribution is -2.12. The van der Waals surface area contributed by atoms with Gasteiger partial charge in [-0.05, 0) is 24.3 Å². The van der Waals surface area contributed by atoms with Crippen molar-refractivity contribution in [2.45, 2.75) is 27.2 Å². The minimum absolute atomic E-state index is 0.649. The highest BCUT2D eigenvalue weighted by atomic mass is 32.1. The van der Waals surface area contributed by atoms with Gasteiger partial charge in [-0.15, -0.1) is 11.3 Å². The van der Waals surface area contributed by atoms with Crippen LogP contribution in [0.25, 0.3) is 10.2 Å². The van der Waals surface area contributed by atoms with Gasteiger partial charge in [-0.2, -0.15) is 4.98 Å². The molecule has 2 aromatic rings. The van der Waals surface area contributed by atoms with Crippen molar-refractivity contribution in [3.8, 4) is 0 Å². The molecule has 0 aliphatic rings. The number of hydrogen-bond acceptors (Lipinski definition) is 5. The van der Waals surface area contributed by atoms with Gasteiger partial charge in [0.05, 0.1) is 5.39 Å². The minimum atomic E-state index is 0.649. The first-order valence-electron chi connectivity index (χ1n) is 6.47. The third-order valence-electron chi connectivity index (χ3n) is 2.97. The first-order chi connectivity index (χ1) is 8.74. The standard InChI is InChI=1S/C13H20N4S/c1-4-9(3)8-15-11-10-6-7-18-12(10)17-13(16-11)14-5-2/h6-7,9H,4-5,8H2,1-3H3,(H2,14,15,16,17). The van der Waals surface area contributed by atoms with E-state index in [0.29, 0.717) is 11.9 Å². The van der Waals surface area contributed by atoms with Crippen molar-refractivity contribution in [2.24, 2.45) is 5.92 Å². The molecule has 2 rings (SSSR count). The molecule has 0 aromatic carbocycles. The van der Waals surface area contributed by atoms with Crippen LogP contribution in [0.2, 0.25) is 0 Å². The van der Waals surface area contributed by atoms with Crippen molar-refractivity contribution in [1.29, 1.82) is 0 Å². The van der Waals surface area contributed by atoms with Gasteiger partial charge in [-0.1, -0.05) is 20.3 Å². The van der Waals surface area contributed by atoms with E-state index in [2.05, 4.69) is 45.9 Å². The summed E-state index contributed by atoms with van der Waals surface area (Å²) in [6.07, 6.45) is 1.17. The van der Waals surface area contributed by atoms with E-state index in [9.17, 15) is 0 Å². The molecule has 1 atom stereocenters. The summed E-state index contributed by atoms with van der Waals surface area (Å²) in [7, 11) is 0. The summed E-state index contributed by atoms with van der Waals surface area (Å²) >= 11 is 1.65. The highest BCUT2D eigenvalue weighted by Crippen LogP contribution is 2.26. The molecule has 2 N–H and O–H groups in total. The third-order valence-corrected chi connectivity index (χ3v) is 3.78. The van der Waals surface area contributed by atoms with Crippen LogP contribution in [-0.2, 0) is 0 Å². The maximum atomic E-state index is 4.54. The molecule has 0 aliphatic carbocycles. The lowest BCUT2D eigenvalue weighted by atomic mass is 10.1. The minimum Gasteiger partial charge on any atom is -0.369 e. The summed E-state index contributed by atoms with van der Waals surface area (Å²) < 4.78 is 0. The van der Waals surface area contributed by atoms with Crippen LogP contribution >= 0.6 is 11.3 Å². The lowest BCUT2D eigenvalue weighted by Gasteiger charge is -2.12. The largest absolute Gasteiger partial charge is 0.369 e. The van der Waals surface area contributed by atoms with Crippen LogP contribution in [0.3, 0.4) is 0 Å². The topological polar surface area (TPSA) is 49.8 Å². The average Bonchev–Trinajstić information content (AvgIpc) is 2.84. The van der Waals surface area contributed by atoms with E-state index in [-0.39, 0.29) is 0 Å². The van der Waals surface area contributed by atoms with Crippen molar-refractivity contribution >= 4 is 33.3 Å². The number of fused-ring (bicyclic) bond motifs is 1. The third kappa shape index (κ3) is 2.90. The van der Waals surface area contributed by atoms with Crippen molar-refractivity contribution < 1.29 is 0 Å². The van der Waals surface area contributed by atoms with Crippen LogP contribution in [0.5, 0.6) is 0 Å². The number of nitrogens with one attached hydrogen (secondary N) is 2. The Bertz CT molecular complexity index is 509. The van der Waals surface area contributed by atoms with Gasteiger partial charge in [-0.3, -0.25) is 0 Å². The van der Waals surface area contributed by atoms with Gasteiger partial charge in [-0.25, -0.2) is 4.98 Å². The number of thiophene rings is 1. The lowest BCUT2D eigenvalue weighted by molar-refractivity contribution is 0.593. The first kappa shape index (κ1) is 13.1. The molecule has 0 saturated carbocycles. The number of rotatable bonds is 6. The van der Waals surface area contributed by atoms with Gasteiger partial charge in [0.1, 0.15) is 10.6 Å². The SMILES string of the molecule is CCNc1nc(NCC(C)CC)c2ccsc2n1. The molecule has 0 aliphatic heterocycles. The second-order valence-electron chi connectivity index (χ2n) is 4.46. The Morgan fingerprint density at radius 3 is 2.83 bits per heavy atom. The van der Waals surface area contributed by atoms with Crippen molar-refractivity contribution in [2.75, 3.05) is 23.7 Å². The Hall–Kier alpha value is -1.36. The first-order valence-corrected chi connectivity index (χ1v) is 7.35. The van der Waals surface area contributed by atoms with Crippen molar-refractivity contribution in [3.63, 3.8) is 0 Å². The fourth-order valence-electron chi connectivity index (χ4n) is 1.64. The van der Waals surface area contributed by atoms with Gasteiger partial charge >= 0.3 is 0 Å². The van der Waals surface area contributed by atoms with Gasteiger partial charge in [0.15, 0.2) is 0 Å².